The minimum Gasteiger partial charge on any atom is -0.478 e. The van der Waals surface area contributed by atoms with Gasteiger partial charge in [0.25, 0.3) is 0 Å². The minimum atomic E-state index is -1.03. The van der Waals surface area contributed by atoms with Crippen LogP contribution in [0.4, 0.5) is 0 Å². The summed E-state index contributed by atoms with van der Waals surface area (Å²) in [5, 5.41) is 13.7. The standard InChI is InChI=1S/C25H19ClN4O3S/c26-18-7-6-16(24(31)32)12-17(18)20-8-9-21(33-20)23-22(19-5-1-2-11-28-19)29-25(34)30(23)14-15-4-3-10-27-13-15/h1-13,22-23H,14H2,(H,29,34)(H,31,32)/t22-,23+/m1/s1. The third-order valence-electron chi connectivity index (χ3n) is 5.67. The Morgan fingerprint density at radius 2 is 2.03 bits per heavy atom. The highest BCUT2D eigenvalue weighted by Gasteiger charge is 2.41. The molecule has 2 N–H and O–H groups in total. The number of aromatic nitrogens is 2. The highest BCUT2D eigenvalue weighted by atomic mass is 35.5. The quantitative estimate of drug-likeness (QED) is 0.353. The van der Waals surface area contributed by atoms with Crippen molar-refractivity contribution >= 4 is 34.9 Å². The summed E-state index contributed by atoms with van der Waals surface area (Å²) in [5.41, 5.74) is 2.47. The van der Waals surface area contributed by atoms with Gasteiger partial charge in [0.15, 0.2) is 5.11 Å². The Bertz CT molecular complexity index is 1350. The van der Waals surface area contributed by atoms with Crippen molar-refractivity contribution < 1.29 is 14.3 Å². The van der Waals surface area contributed by atoms with Gasteiger partial charge >= 0.3 is 5.97 Å². The lowest BCUT2D eigenvalue weighted by molar-refractivity contribution is 0.0697. The zero-order valence-electron chi connectivity index (χ0n) is 17.8. The molecule has 9 heteroatoms. The van der Waals surface area contributed by atoms with Crippen molar-refractivity contribution in [3.05, 3.63) is 107 Å². The maximum atomic E-state index is 11.4. The van der Waals surface area contributed by atoms with E-state index in [9.17, 15) is 9.90 Å². The second-order valence-corrected chi connectivity index (χ2v) is 8.61. The normalized spacial score (nSPS) is 17.6. The molecular weight excluding hydrogens is 472 g/mol. The lowest BCUT2D eigenvalue weighted by Crippen LogP contribution is -2.29. The first-order chi connectivity index (χ1) is 16.5. The Morgan fingerprint density at radius 3 is 2.76 bits per heavy atom. The number of aromatic carboxylic acids is 1. The van der Waals surface area contributed by atoms with Crippen molar-refractivity contribution in [2.45, 2.75) is 18.6 Å². The minimum absolute atomic E-state index is 0.130. The van der Waals surface area contributed by atoms with Crippen molar-refractivity contribution in [1.29, 1.82) is 0 Å². The summed E-state index contributed by atoms with van der Waals surface area (Å²) in [6.45, 7) is 0.527. The summed E-state index contributed by atoms with van der Waals surface area (Å²) in [4.78, 5) is 22.2. The molecule has 7 nitrogen and oxygen atoms in total. The van der Waals surface area contributed by atoms with E-state index in [-0.39, 0.29) is 17.6 Å². The molecular formula is C25H19ClN4O3S. The van der Waals surface area contributed by atoms with Gasteiger partial charge in [-0.15, -0.1) is 0 Å². The van der Waals surface area contributed by atoms with Gasteiger partial charge in [-0.1, -0.05) is 23.7 Å². The molecule has 170 valence electrons. The van der Waals surface area contributed by atoms with Gasteiger partial charge in [0.2, 0.25) is 0 Å². The summed E-state index contributed by atoms with van der Waals surface area (Å²) >= 11 is 12.1. The first-order valence-electron chi connectivity index (χ1n) is 10.5. The molecule has 4 aromatic rings. The summed E-state index contributed by atoms with van der Waals surface area (Å²) < 4.78 is 6.28. The first-order valence-corrected chi connectivity index (χ1v) is 11.3. The maximum Gasteiger partial charge on any atom is 0.335 e. The zero-order valence-corrected chi connectivity index (χ0v) is 19.3. The summed E-state index contributed by atoms with van der Waals surface area (Å²) in [6, 6.07) is 17.3. The molecule has 1 aliphatic heterocycles. The topological polar surface area (TPSA) is 91.5 Å². The monoisotopic (exact) mass is 490 g/mol. The number of benzene rings is 1. The molecule has 0 saturated carbocycles. The van der Waals surface area contributed by atoms with Crippen LogP contribution < -0.4 is 5.32 Å². The number of carboxylic acid groups (broad SMARTS) is 1. The third kappa shape index (κ3) is 4.25. The van der Waals surface area contributed by atoms with Crippen LogP contribution >= 0.6 is 23.8 Å². The Kier molecular flexibility index (Phi) is 6.00. The van der Waals surface area contributed by atoms with Crippen LogP contribution in [0.15, 0.2) is 83.7 Å². The van der Waals surface area contributed by atoms with Crippen LogP contribution in [0.1, 0.15) is 39.5 Å². The van der Waals surface area contributed by atoms with E-state index >= 15 is 0 Å². The third-order valence-corrected chi connectivity index (χ3v) is 6.35. The van der Waals surface area contributed by atoms with Crippen LogP contribution in [0.25, 0.3) is 11.3 Å². The number of rotatable bonds is 6. The molecule has 0 spiro atoms. The number of furan rings is 1. The second kappa shape index (κ2) is 9.24. The largest absolute Gasteiger partial charge is 0.478 e. The van der Waals surface area contributed by atoms with Crippen molar-refractivity contribution in [2.24, 2.45) is 0 Å². The highest BCUT2D eigenvalue weighted by Crippen LogP contribution is 2.42. The second-order valence-electron chi connectivity index (χ2n) is 7.82. The fraction of sp³-hybridized carbons (Fsp3) is 0.120. The van der Waals surface area contributed by atoms with Gasteiger partial charge in [-0.2, -0.15) is 0 Å². The summed E-state index contributed by atoms with van der Waals surface area (Å²) in [7, 11) is 0. The molecule has 0 aliphatic carbocycles. The van der Waals surface area contributed by atoms with Crippen molar-refractivity contribution in [1.82, 2.24) is 20.2 Å². The van der Waals surface area contributed by atoms with Crippen LogP contribution in [0, 0.1) is 0 Å². The lowest BCUT2D eigenvalue weighted by atomic mass is 10.0. The van der Waals surface area contributed by atoms with Gasteiger partial charge in [-0.3, -0.25) is 9.97 Å². The van der Waals surface area contributed by atoms with E-state index in [1.54, 1.807) is 30.7 Å². The Hall–Kier alpha value is -3.75. The number of nitrogens with one attached hydrogen (secondary N) is 1. The number of nitrogens with zero attached hydrogens (tertiary/aromatic N) is 3. The van der Waals surface area contributed by atoms with Crippen molar-refractivity contribution in [2.75, 3.05) is 0 Å². The van der Waals surface area contributed by atoms with Gasteiger partial charge in [0.1, 0.15) is 17.6 Å². The van der Waals surface area contributed by atoms with Crippen molar-refractivity contribution in [3.8, 4) is 11.3 Å². The first kappa shape index (κ1) is 22.1. The zero-order chi connectivity index (χ0) is 23.7. The van der Waals surface area contributed by atoms with Crippen molar-refractivity contribution in [3.63, 3.8) is 0 Å². The molecule has 1 saturated heterocycles. The van der Waals surface area contributed by atoms with E-state index in [0.29, 0.717) is 33.8 Å². The van der Waals surface area contributed by atoms with E-state index in [1.165, 1.54) is 12.1 Å². The highest BCUT2D eigenvalue weighted by molar-refractivity contribution is 7.80. The molecule has 5 rings (SSSR count). The number of pyridine rings is 2. The predicted molar refractivity (Wildman–Crippen MR) is 131 cm³/mol. The molecule has 1 aliphatic rings. The number of carboxylic acids is 1. The Morgan fingerprint density at radius 1 is 1.15 bits per heavy atom. The molecule has 34 heavy (non-hydrogen) atoms. The number of halogens is 1. The average molecular weight is 491 g/mol. The van der Waals surface area contributed by atoms with Gasteiger partial charge in [-0.05, 0) is 66.3 Å². The summed E-state index contributed by atoms with van der Waals surface area (Å²) in [6.07, 6.45) is 5.27. The smallest absolute Gasteiger partial charge is 0.335 e. The molecule has 2 atom stereocenters. The Labute approximate surface area is 206 Å². The van der Waals surface area contributed by atoms with Gasteiger partial charge in [0, 0.05) is 30.7 Å². The fourth-order valence-electron chi connectivity index (χ4n) is 4.08. The number of thiocarbonyl (C=S) groups is 1. The van der Waals surface area contributed by atoms with Crippen LogP contribution in [0.2, 0.25) is 5.02 Å². The number of hydrogen-bond donors (Lipinski definition) is 2. The molecule has 3 aromatic heterocycles. The molecule has 1 aromatic carbocycles. The maximum absolute atomic E-state index is 11.4. The van der Waals surface area contributed by atoms with Gasteiger partial charge in [0.05, 0.1) is 22.3 Å². The van der Waals surface area contributed by atoms with Crippen LogP contribution in [0.5, 0.6) is 0 Å². The van der Waals surface area contributed by atoms with Gasteiger partial charge < -0.3 is 19.7 Å². The number of carbonyl (C=O) groups is 1. The number of hydrogen-bond acceptors (Lipinski definition) is 5. The molecule has 0 radical (unpaired) electrons. The predicted octanol–water partition coefficient (Wildman–Crippen LogP) is 5.26. The molecule has 0 bridgehead atoms. The van der Waals surface area contributed by atoms with E-state index in [0.717, 1.165) is 11.3 Å². The van der Waals surface area contributed by atoms with E-state index in [2.05, 4.69) is 15.3 Å². The average Bonchev–Trinajstić information content (AvgIpc) is 3.45. The molecule has 0 unspecified atom stereocenters. The fourth-order valence-corrected chi connectivity index (χ4v) is 4.59. The molecule has 4 heterocycles. The molecule has 1 fully saturated rings. The van der Waals surface area contributed by atoms with E-state index in [1.807, 2.05) is 41.3 Å². The van der Waals surface area contributed by atoms with Crippen LogP contribution in [-0.4, -0.2) is 31.1 Å². The van der Waals surface area contributed by atoms with Gasteiger partial charge in [-0.25, -0.2) is 4.79 Å². The SMILES string of the molecule is O=C(O)c1ccc(Cl)c(-c2ccc([C@H]3[C@@H](c4ccccn4)NC(=S)N3Cc3cccnc3)o2)c1. The van der Waals surface area contributed by atoms with E-state index < -0.39 is 5.97 Å². The summed E-state index contributed by atoms with van der Waals surface area (Å²) in [5.74, 6) is 0.0913. The lowest BCUT2D eigenvalue weighted by Gasteiger charge is -2.26. The van der Waals surface area contributed by atoms with E-state index in [4.69, 9.17) is 28.2 Å². The molecule has 0 amide bonds. The Balaban J connectivity index is 1.56. The van der Waals surface area contributed by atoms with Crippen LogP contribution in [-0.2, 0) is 6.54 Å². The van der Waals surface area contributed by atoms with Crippen LogP contribution in [0.3, 0.4) is 0 Å².